The van der Waals surface area contributed by atoms with Gasteiger partial charge in [0.2, 0.25) is 0 Å². The molecule has 1 unspecified atom stereocenters. The molecule has 2 amide bonds. The smallest absolute Gasteiger partial charge is 0.319 e. The van der Waals surface area contributed by atoms with Crippen molar-refractivity contribution < 1.29 is 18.7 Å². The molecule has 2 aromatic rings. The Morgan fingerprint density at radius 3 is 2.64 bits per heavy atom. The van der Waals surface area contributed by atoms with Gasteiger partial charge in [0.05, 0.1) is 11.8 Å². The molecule has 0 saturated carbocycles. The van der Waals surface area contributed by atoms with Crippen LogP contribution in [0.15, 0.2) is 42.5 Å². The van der Waals surface area contributed by atoms with Crippen molar-refractivity contribution in [2.24, 2.45) is 0 Å². The Morgan fingerprint density at radius 2 is 1.95 bits per heavy atom. The number of amides is 2. The molecule has 0 radical (unpaired) electrons. The monoisotopic (exact) mass is 326 g/mol. The van der Waals surface area contributed by atoms with Crippen molar-refractivity contribution in [1.82, 2.24) is 5.32 Å². The van der Waals surface area contributed by atoms with Crippen LogP contribution < -0.4 is 10.6 Å². The van der Waals surface area contributed by atoms with Gasteiger partial charge in [-0.15, -0.1) is 0 Å². The van der Waals surface area contributed by atoms with Gasteiger partial charge in [-0.25, -0.2) is 13.6 Å². The summed E-state index contributed by atoms with van der Waals surface area (Å²) in [5.74, 6) is -1.63. The minimum absolute atomic E-state index is 0.113. The summed E-state index contributed by atoms with van der Waals surface area (Å²) < 4.78 is 26.1. The molecule has 0 aliphatic heterocycles. The highest BCUT2D eigenvalue weighted by Gasteiger charge is 2.13. The van der Waals surface area contributed by atoms with Crippen molar-refractivity contribution in [3.8, 4) is 0 Å². The normalized spacial score (nSPS) is 11.8. The van der Waals surface area contributed by atoms with Crippen LogP contribution in [0.1, 0.15) is 11.7 Å². The number of anilines is 1. The summed E-state index contributed by atoms with van der Waals surface area (Å²) in [4.78, 5) is 11.6. The summed E-state index contributed by atoms with van der Waals surface area (Å²) in [5.41, 5.74) is 0.309. The number of aliphatic hydroxyl groups is 1. The van der Waals surface area contributed by atoms with Crippen molar-refractivity contribution >= 4 is 23.3 Å². The second-order valence-corrected chi connectivity index (χ2v) is 4.90. The Labute approximate surface area is 130 Å². The molecule has 0 aromatic heterocycles. The number of carbonyl (C=O) groups is 1. The predicted octanol–water partition coefficient (Wildman–Crippen LogP) is 3.47. The van der Waals surface area contributed by atoms with Gasteiger partial charge in [-0.1, -0.05) is 29.8 Å². The number of hydrogen-bond donors (Lipinski definition) is 3. The third-order valence-electron chi connectivity index (χ3n) is 2.90. The third kappa shape index (κ3) is 4.16. The minimum atomic E-state index is -1.00. The number of carbonyl (C=O) groups excluding carboxylic acids is 1. The molecule has 2 aromatic carbocycles. The SMILES string of the molecule is O=C(NCC(O)c1ccccc1Cl)Nc1ccc(F)cc1F. The van der Waals surface area contributed by atoms with E-state index in [0.717, 1.165) is 12.1 Å². The first kappa shape index (κ1) is 16.2. The maximum atomic E-state index is 13.4. The Bertz CT molecular complexity index is 682. The quantitative estimate of drug-likeness (QED) is 0.805. The molecule has 2 rings (SSSR count). The van der Waals surface area contributed by atoms with E-state index in [0.29, 0.717) is 16.7 Å². The fourth-order valence-corrected chi connectivity index (χ4v) is 2.06. The van der Waals surface area contributed by atoms with Gasteiger partial charge >= 0.3 is 6.03 Å². The largest absolute Gasteiger partial charge is 0.387 e. The van der Waals surface area contributed by atoms with Gasteiger partial charge in [0.1, 0.15) is 11.6 Å². The second-order valence-electron chi connectivity index (χ2n) is 4.50. The van der Waals surface area contributed by atoms with Crippen molar-refractivity contribution in [3.63, 3.8) is 0 Å². The Kier molecular flexibility index (Phi) is 5.30. The molecule has 4 nitrogen and oxygen atoms in total. The number of urea groups is 1. The predicted molar refractivity (Wildman–Crippen MR) is 79.8 cm³/mol. The van der Waals surface area contributed by atoms with Crippen LogP contribution in [0, 0.1) is 11.6 Å². The second kappa shape index (κ2) is 7.20. The summed E-state index contributed by atoms with van der Waals surface area (Å²) in [6.07, 6.45) is -1.00. The van der Waals surface area contributed by atoms with Crippen LogP contribution >= 0.6 is 11.6 Å². The fraction of sp³-hybridized carbons (Fsp3) is 0.133. The van der Waals surface area contributed by atoms with Gasteiger partial charge in [-0.05, 0) is 18.2 Å². The van der Waals surface area contributed by atoms with E-state index in [1.54, 1.807) is 24.3 Å². The third-order valence-corrected chi connectivity index (χ3v) is 3.24. The number of hydrogen-bond acceptors (Lipinski definition) is 2. The lowest BCUT2D eigenvalue weighted by Gasteiger charge is -2.14. The van der Waals surface area contributed by atoms with Crippen LogP contribution in [0.3, 0.4) is 0 Å². The Balaban J connectivity index is 1.91. The van der Waals surface area contributed by atoms with E-state index in [1.807, 2.05) is 0 Å². The number of halogens is 3. The highest BCUT2D eigenvalue weighted by atomic mass is 35.5. The fourth-order valence-electron chi connectivity index (χ4n) is 1.80. The van der Waals surface area contributed by atoms with E-state index in [4.69, 9.17) is 11.6 Å². The number of nitrogens with one attached hydrogen (secondary N) is 2. The first-order valence-corrected chi connectivity index (χ1v) is 6.77. The molecule has 116 valence electrons. The summed E-state index contributed by atoms with van der Waals surface area (Å²) in [6.45, 7) is -0.113. The minimum Gasteiger partial charge on any atom is -0.387 e. The van der Waals surface area contributed by atoms with Crippen LogP contribution in [-0.4, -0.2) is 17.7 Å². The molecular weight excluding hydrogens is 314 g/mol. The lowest BCUT2D eigenvalue weighted by atomic mass is 10.1. The highest BCUT2D eigenvalue weighted by molar-refractivity contribution is 6.31. The highest BCUT2D eigenvalue weighted by Crippen LogP contribution is 2.22. The molecular formula is C15H13ClF2N2O2. The van der Waals surface area contributed by atoms with E-state index in [-0.39, 0.29) is 12.2 Å². The average molecular weight is 327 g/mol. The molecule has 22 heavy (non-hydrogen) atoms. The van der Waals surface area contributed by atoms with Gasteiger partial charge in [0.25, 0.3) is 0 Å². The molecule has 0 heterocycles. The van der Waals surface area contributed by atoms with Crippen molar-refractivity contribution in [2.45, 2.75) is 6.10 Å². The first-order valence-electron chi connectivity index (χ1n) is 6.40. The molecule has 0 bridgehead atoms. The van der Waals surface area contributed by atoms with E-state index >= 15 is 0 Å². The molecule has 3 N–H and O–H groups in total. The zero-order valence-electron chi connectivity index (χ0n) is 11.3. The lowest BCUT2D eigenvalue weighted by molar-refractivity contribution is 0.175. The van der Waals surface area contributed by atoms with Gasteiger partial charge < -0.3 is 15.7 Å². The van der Waals surface area contributed by atoms with Crippen LogP contribution in [0.25, 0.3) is 0 Å². The summed E-state index contributed by atoms with van der Waals surface area (Å²) in [5, 5.41) is 14.9. The van der Waals surface area contributed by atoms with Gasteiger partial charge in [-0.2, -0.15) is 0 Å². The summed E-state index contributed by atoms with van der Waals surface area (Å²) in [6, 6.07) is 8.74. The topological polar surface area (TPSA) is 61.4 Å². The standard InChI is InChI=1S/C15H13ClF2N2O2/c16-11-4-2-1-3-10(11)14(21)8-19-15(22)20-13-6-5-9(17)7-12(13)18/h1-7,14,21H,8H2,(H2,19,20,22). The number of benzene rings is 2. The number of aliphatic hydroxyl groups excluding tert-OH is 1. The molecule has 0 aliphatic carbocycles. The van der Waals surface area contributed by atoms with Crippen LogP contribution in [0.4, 0.5) is 19.3 Å². The average Bonchev–Trinajstić information content (AvgIpc) is 2.48. The van der Waals surface area contributed by atoms with Crippen LogP contribution in [0.5, 0.6) is 0 Å². The van der Waals surface area contributed by atoms with Crippen molar-refractivity contribution in [1.29, 1.82) is 0 Å². The molecule has 0 spiro atoms. The van der Waals surface area contributed by atoms with Crippen molar-refractivity contribution in [3.05, 3.63) is 64.7 Å². The molecule has 0 aliphatic rings. The maximum absolute atomic E-state index is 13.4. The van der Waals surface area contributed by atoms with Crippen LogP contribution in [0.2, 0.25) is 5.02 Å². The zero-order chi connectivity index (χ0) is 16.1. The molecule has 7 heteroatoms. The molecule has 0 saturated heterocycles. The Morgan fingerprint density at radius 1 is 1.23 bits per heavy atom. The van der Waals surface area contributed by atoms with E-state index in [9.17, 15) is 18.7 Å². The zero-order valence-corrected chi connectivity index (χ0v) is 12.1. The Hall–Kier alpha value is -2.18. The molecule has 0 fully saturated rings. The van der Waals surface area contributed by atoms with E-state index in [2.05, 4.69) is 10.6 Å². The van der Waals surface area contributed by atoms with E-state index < -0.39 is 23.8 Å². The maximum Gasteiger partial charge on any atom is 0.319 e. The van der Waals surface area contributed by atoms with Crippen LogP contribution in [-0.2, 0) is 0 Å². The van der Waals surface area contributed by atoms with Crippen molar-refractivity contribution in [2.75, 3.05) is 11.9 Å². The first-order chi connectivity index (χ1) is 10.5. The summed E-state index contributed by atoms with van der Waals surface area (Å²) in [7, 11) is 0. The van der Waals surface area contributed by atoms with Gasteiger partial charge in [0, 0.05) is 23.2 Å². The lowest BCUT2D eigenvalue weighted by Crippen LogP contribution is -2.32. The number of rotatable bonds is 4. The van der Waals surface area contributed by atoms with Gasteiger partial charge in [-0.3, -0.25) is 0 Å². The van der Waals surface area contributed by atoms with E-state index in [1.165, 1.54) is 0 Å². The summed E-state index contributed by atoms with van der Waals surface area (Å²) >= 11 is 5.93. The molecule has 1 atom stereocenters. The van der Waals surface area contributed by atoms with Gasteiger partial charge in [0.15, 0.2) is 0 Å².